The Morgan fingerprint density at radius 3 is 2.24 bits per heavy atom. The van der Waals surface area contributed by atoms with Gasteiger partial charge in [-0.1, -0.05) is 60.7 Å². The average molecular weight is 402 g/mol. The molecular formula is C23H18N2O3S. The highest BCUT2D eigenvalue weighted by Crippen LogP contribution is 2.24. The predicted molar refractivity (Wildman–Crippen MR) is 116 cm³/mol. The zero-order chi connectivity index (χ0) is 20.3. The normalized spacial score (nSPS) is 11.2. The fourth-order valence-electron chi connectivity index (χ4n) is 3.07. The van der Waals surface area contributed by atoms with Gasteiger partial charge in [0.25, 0.3) is 15.9 Å². The van der Waals surface area contributed by atoms with Crippen LogP contribution in [0.15, 0.2) is 102 Å². The number of carbonyl (C=O) groups excluding carboxylic acids is 1. The quantitative estimate of drug-likeness (QED) is 0.499. The van der Waals surface area contributed by atoms with Crippen molar-refractivity contribution in [1.82, 2.24) is 0 Å². The molecule has 5 nitrogen and oxygen atoms in total. The Morgan fingerprint density at radius 1 is 0.724 bits per heavy atom. The molecule has 0 heterocycles. The molecule has 4 rings (SSSR count). The van der Waals surface area contributed by atoms with E-state index in [-0.39, 0.29) is 10.8 Å². The maximum Gasteiger partial charge on any atom is 0.261 e. The molecule has 0 unspecified atom stereocenters. The summed E-state index contributed by atoms with van der Waals surface area (Å²) in [7, 11) is -3.73. The van der Waals surface area contributed by atoms with E-state index >= 15 is 0 Å². The fraction of sp³-hybridized carbons (Fsp3) is 0. The zero-order valence-electron chi connectivity index (χ0n) is 15.4. The maximum absolute atomic E-state index is 12.8. The van der Waals surface area contributed by atoms with E-state index in [1.165, 1.54) is 18.2 Å². The molecule has 4 aromatic carbocycles. The Balaban J connectivity index is 1.58. The smallest absolute Gasteiger partial charge is 0.261 e. The number of hydrogen-bond acceptors (Lipinski definition) is 3. The van der Waals surface area contributed by atoms with Gasteiger partial charge in [0.1, 0.15) is 0 Å². The standard InChI is InChI=1S/C23H18N2O3S/c26-23(24-22-15-7-9-17-8-4-5-14-21(17)22)18-10-6-11-19(16-18)25-29(27,28)20-12-2-1-3-13-20/h1-16,25H,(H,24,26). The monoisotopic (exact) mass is 402 g/mol. The highest BCUT2D eigenvalue weighted by Gasteiger charge is 2.15. The van der Waals surface area contributed by atoms with E-state index in [1.807, 2.05) is 42.5 Å². The summed E-state index contributed by atoms with van der Waals surface area (Å²) in [5.74, 6) is -0.317. The number of fused-ring (bicyclic) bond motifs is 1. The lowest BCUT2D eigenvalue weighted by atomic mass is 10.1. The number of benzene rings is 4. The van der Waals surface area contributed by atoms with Crippen LogP contribution in [-0.4, -0.2) is 14.3 Å². The molecule has 0 saturated carbocycles. The lowest BCUT2D eigenvalue weighted by molar-refractivity contribution is 0.102. The molecule has 0 aliphatic carbocycles. The highest BCUT2D eigenvalue weighted by atomic mass is 32.2. The summed E-state index contributed by atoms with van der Waals surface area (Å²) in [5.41, 5.74) is 1.37. The van der Waals surface area contributed by atoms with Gasteiger partial charge in [-0.15, -0.1) is 0 Å². The van der Waals surface area contributed by atoms with Crippen molar-refractivity contribution >= 4 is 38.1 Å². The summed E-state index contributed by atoms with van der Waals surface area (Å²) < 4.78 is 27.5. The van der Waals surface area contributed by atoms with Gasteiger partial charge in [-0.25, -0.2) is 8.42 Å². The van der Waals surface area contributed by atoms with Crippen LogP contribution in [-0.2, 0) is 10.0 Å². The minimum Gasteiger partial charge on any atom is -0.321 e. The van der Waals surface area contributed by atoms with Gasteiger partial charge >= 0.3 is 0 Å². The van der Waals surface area contributed by atoms with Crippen molar-refractivity contribution in [1.29, 1.82) is 0 Å². The lowest BCUT2D eigenvalue weighted by Gasteiger charge is -2.11. The summed E-state index contributed by atoms with van der Waals surface area (Å²) in [6.45, 7) is 0. The van der Waals surface area contributed by atoms with Crippen LogP contribution >= 0.6 is 0 Å². The molecule has 6 heteroatoms. The van der Waals surface area contributed by atoms with E-state index in [4.69, 9.17) is 0 Å². The van der Waals surface area contributed by atoms with Gasteiger partial charge in [0, 0.05) is 22.3 Å². The Kier molecular flexibility index (Phi) is 5.01. The molecule has 1 amide bonds. The first-order chi connectivity index (χ1) is 14.0. The van der Waals surface area contributed by atoms with Crippen molar-refractivity contribution in [3.8, 4) is 0 Å². The molecule has 0 aliphatic rings. The molecule has 29 heavy (non-hydrogen) atoms. The van der Waals surface area contributed by atoms with Crippen molar-refractivity contribution in [3.63, 3.8) is 0 Å². The third-order valence-corrected chi connectivity index (χ3v) is 5.87. The Morgan fingerprint density at radius 2 is 1.41 bits per heavy atom. The Hall–Kier alpha value is -3.64. The molecule has 0 fully saturated rings. The van der Waals surface area contributed by atoms with Gasteiger partial charge in [-0.05, 0) is 41.8 Å². The second-order valence-electron chi connectivity index (χ2n) is 6.48. The number of sulfonamides is 1. The molecule has 0 radical (unpaired) electrons. The van der Waals surface area contributed by atoms with Crippen molar-refractivity contribution in [2.75, 3.05) is 10.0 Å². The molecule has 0 saturated heterocycles. The maximum atomic E-state index is 12.8. The van der Waals surface area contributed by atoms with Crippen LogP contribution in [0.4, 0.5) is 11.4 Å². The van der Waals surface area contributed by atoms with Crippen molar-refractivity contribution in [2.45, 2.75) is 4.90 Å². The number of rotatable bonds is 5. The topological polar surface area (TPSA) is 75.3 Å². The van der Waals surface area contributed by atoms with Crippen molar-refractivity contribution in [2.24, 2.45) is 0 Å². The van der Waals surface area contributed by atoms with Crippen molar-refractivity contribution in [3.05, 3.63) is 103 Å². The molecule has 2 N–H and O–H groups in total. The molecule has 4 aromatic rings. The van der Waals surface area contributed by atoms with Crippen LogP contribution in [0.1, 0.15) is 10.4 Å². The van der Waals surface area contributed by atoms with Crippen LogP contribution in [0, 0.1) is 0 Å². The number of anilines is 2. The Bertz CT molecular complexity index is 1280. The average Bonchev–Trinajstić information content (AvgIpc) is 2.74. The van der Waals surface area contributed by atoms with E-state index in [1.54, 1.807) is 36.4 Å². The van der Waals surface area contributed by atoms with Crippen LogP contribution in [0.25, 0.3) is 10.8 Å². The molecule has 0 atom stereocenters. The third kappa shape index (κ3) is 4.12. The van der Waals surface area contributed by atoms with Crippen molar-refractivity contribution < 1.29 is 13.2 Å². The summed E-state index contributed by atoms with van der Waals surface area (Å²) >= 11 is 0. The summed E-state index contributed by atoms with van der Waals surface area (Å²) in [4.78, 5) is 12.9. The lowest BCUT2D eigenvalue weighted by Crippen LogP contribution is -2.15. The van der Waals surface area contributed by atoms with Crippen LogP contribution in [0.5, 0.6) is 0 Å². The van der Waals surface area contributed by atoms with E-state index in [0.717, 1.165) is 10.8 Å². The van der Waals surface area contributed by atoms with E-state index in [2.05, 4.69) is 10.0 Å². The second kappa shape index (κ2) is 7.77. The van der Waals surface area contributed by atoms with Gasteiger partial charge in [0.2, 0.25) is 0 Å². The Labute approximate surface area is 169 Å². The predicted octanol–water partition coefficient (Wildman–Crippen LogP) is 4.89. The first kappa shape index (κ1) is 18.7. The van der Waals surface area contributed by atoms with E-state index in [9.17, 15) is 13.2 Å². The summed E-state index contributed by atoms with van der Waals surface area (Å²) in [6.07, 6.45) is 0. The van der Waals surface area contributed by atoms with Crippen LogP contribution < -0.4 is 10.0 Å². The molecule has 0 aromatic heterocycles. The van der Waals surface area contributed by atoms with Gasteiger partial charge in [-0.2, -0.15) is 0 Å². The van der Waals surface area contributed by atoms with Gasteiger partial charge < -0.3 is 5.32 Å². The minimum atomic E-state index is -3.73. The first-order valence-corrected chi connectivity index (χ1v) is 10.5. The number of amides is 1. The second-order valence-corrected chi connectivity index (χ2v) is 8.16. The van der Waals surface area contributed by atoms with Gasteiger partial charge in [0.15, 0.2) is 0 Å². The fourth-order valence-corrected chi connectivity index (χ4v) is 4.14. The molecule has 0 aliphatic heterocycles. The zero-order valence-corrected chi connectivity index (χ0v) is 16.2. The molecule has 0 spiro atoms. The third-order valence-electron chi connectivity index (χ3n) is 4.47. The molecular weight excluding hydrogens is 384 g/mol. The number of carbonyl (C=O) groups is 1. The van der Waals surface area contributed by atoms with Crippen LogP contribution in [0.3, 0.4) is 0 Å². The minimum absolute atomic E-state index is 0.158. The van der Waals surface area contributed by atoms with Gasteiger partial charge in [0.05, 0.1) is 4.90 Å². The van der Waals surface area contributed by atoms with Crippen LogP contribution in [0.2, 0.25) is 0 Å². The van der Waals surface area contributed by atoms with E-state index in [0.29, 0.717) is 16.9 Å². The first-order valence-electron chi connectivity index (χ1n) is 9.00. The SMILES string of the molecule is O=C(Nc1cccc2ccccc12)c1cccc(NS(=O)(=O)c2ccccc2)c1. The van der Waals surface area contributed by atoms with E-state index < -0.39 is 10.0 Å². The number of nitrogens with one attached hydrogen (secondary N) is 2. The number of hydrogen-bond donors (Lipinski definition) is 2. The largest absolute Gasteiger partial charge is 0.321 e. The molecule has 0 bridgehead atoms. The summed E-state index contributed by atoms with van der Waals surface area (Å²) in [5, 5.41) is 4.86. The van der Waals surface area contributed by atoms with Gasteiger partial charge in [-0.3, -0.25) is 9.52 Å². The highest BCUT2D eigenvalue weighted by molar-refractivity contribution is 7.92. The molecule has 144 valence electrons. The summed E-state index contributed by atoms with van der Waals surface area (Å²) in [6, 6.07) is 27.9.